The molecule has 0 bridgehead atoms. The highest BCUT2D eigenvalue weighted by molar-refractivity contribution is 7.89. The van der Waals surface area contributed by atoms with Gasteiger partial charge in [-0.25, -0.2) is 8.42 Å². The maximum Gasteiger partial charge on any atom is 0.248 e. The Labute approximate surface area is 178 Å². The first-order chi connectivity index (χ1) is 14.2. The number of piperidine rings is 1. The van der Waals surface area contributed by atoms with Crippen molar-refractivity contribution in [3.8, 4) is 0 Å². The molecule has 1 aliphatic rings. The van der Waals surface area contributed by atoms with E-state index in [2.05, 4.69) is 10.5 Å². The predicted molar refractivity (Wildman–Crippen MR) is 116 cm³/mol. The average Bonchev–Trinajstić information content (AvgIpc) is 3.10. The van der Waals surface area contributed by atoms with Gasteiger partial charge in [-0.3, -0.25) is 4.79 Å². The topological polar surface area (TPSA) is 92.5 Å². The number of carbonyl (C=O) groups excluding carboxylic acids is 1. The second-order valence-electron chi connectivity index (χ2n) is 7.75. The molecule has 0 radical (unpaired) electrons. The number of rotatable bonds is 6. The summed E-state index contributed by atoms with van der Waals surface area (Å²) in [5, 5.41) is 6.69. The molecule has 1 N–H and O–H groups in total. The Morgan fingerprint density at radius 2 is 2.07 bits per heavy atom. The van der Waals surface area contributed by atoms with Crippen LogP contribution in [0.2, 0.25) is 0 Å². The van der Waals surface area contributed by atoms with Gasteiger partial charge in [0.05, 0.1) is 5.92 Å². The molecule has 0 unspecified atom stereocenters. The van der Waals surface area contributed by atoms with Crippen LogP contribution in [0.5, 0.6) is 0 Å². The molecule has 1 saturated heterocycles. The van der Waals surface area contributed by atoms with Crippen molar-refractivity contribution in [2.24, 2.45) is 5.92 Å². The van der Waals surface area contributed by atoms with Crippen LogP contribution < -0.4 is 5.32 Å². The molecule has 162 valence electrons. The predicted octanol–water partition coefficient (Wildman–Crippen LogP) is 3.31. The first-order valence-electron chi connectivity index (χ1n) is 10.2. The fourth-order valence-electron chi connectivity index (χ4n) is 3.73. The van der Waals surface area contributed by atoms with E-state index in [4.69, 9.17) is 4.52 Å². The molecule has 0 spiro atoms. The summed E-state index contributed by atoms with van der Waals surface area (Å²) in [6.07, 6.45) is 4.81. The number of hydrogen-bond donors (Lipinski definition) is 1. The Hall–Kier alpha value is -2.45. The van der Waals surface area contributed by atoms with Gasteiger partial charge in [-0.1, -0.05) is 35.0 Å². The van der Waals surface area contributed by atoms with Crippen LogP contribution in [0.1, 0.15) is 47.9 Å². The molecule has 2 heterocycles. The van der Waals surface area contributed by atoms with Crippen molar-refractivity contribution in [3.63, 3.8) is 0 Å². The van der Waals surface area contributed by atoms with E-state index in [-0.39, 0.29) is 29.0 Å². The lowest BCUT2D eigenvalue weighted by Crippen LogP contribution is -2.45. The molecule has 1 atom stereocenters. The van der Waals surface area contributed by atoms with Crippen molar-refractivity contribution in [1.82, 2.24) is 14.8 Å². The Bertz CT molecular complexity index is 1060. The fraction of sp³-hybridized carbons (Fsp3) is 0.455. The van der Waals surface area contributed by atoms with Gasteiger partial charge >= 0.3 is 0 Å². The normalized spacial score (nSPS) is 18.1. The van der Waals surface area contributed by atoms with Crippen LogP contribution in [-0.2, 0) is 14.8 Å². The van der Waals surface area contributed by atoms with Gasteiger partial charge in [0.1, 0.15) is 5.69 Å². The number of nitrogens with zero attached hydrogens (tertiary/aromatic N) is 2. The van der Waals surface area contributed by atoms with Crippen LogP contribution in [0.4, 0.5) is 0 Å². The number of carbonyl (C=O) groups is 1. The third kappa shape index (κ3) is 4.65. The van der Waals surface area contributed by atoms with Crippen molar-refractivity contribution < 1.29 is 17.7 Å². The zero-order chi connectivity index (χ0) is 21.9. The van der Waals surface area contributed by atoms with Gasteiger partial charge in [0, 0.05) is 19.6 Å². The zero-order valence-electron chi connectivity index (χ0n) is 17.9. The number of aromatic nitrogens is 1. The van der Waals surface area contributed by atoms with Crippen molar-refractivity contribution in [2.45, 2.75) is 45.4 Å². The lowest BCUT2D eigenvalue weighted by molar-refractivity contribution is -0.125. The van der Waals surface area contributed by atoms with E-state index in [0.29, 0.717) is 31.6 Å². The van der Waals surface area contributed by atoms with Crippen LogP contribution in [-0.4, -0.2) is 43.4 Å². The fourth-order valence-corrected chi connectivity index (χ4v) is 5.50. The van der Waals surface area contributed by atoms with E-state index in [1.54, 1.807) is 13.0 Å². The van der Waals surface area contributed by atoms with Crippen molar-refractivity contribution >= 4 is 28.1 Å². The number of sulfonamides is 1. The Kier molecular flexibility index (Phi) is 6.77. The highest BCUT2D eigenvalue weighted by Crippen LogP contribution is 2.29. The minimum Gasteiger partial charge on any atom is -0.356 e. The Morgan fingerprint density at radius 3 is 2.80 bits per heavy atom. The molecule has 7 nitrogen and oxygen atoms in total. The van der Waals surface area contributed by atoms with Crippen LogP contribution >= 0.6 is 0 Å². The minimum absolute atomic E-state index is 0.0700. The molecule has 1 aromatic carbocycles. The number of amides is 1. The van der Waals surface area contributed by atoms with Crippen molar-refractivity contribution in [1.29, 1.82) is 0 Å². The molecule has 1 fully saturated rings. The number of hydrogen-bond acceptors (Lipinski definition) is 5. The number of benzene rings is 1. The molecule has 2 aromatic rings. The lowest BCUT2D eigenvalue weighted by atomic mass is 9.99. The number of aryl methyl sites for hydroxylation is 3. The highest BCUT2D eigenvalue weighted by atomic mass is 32.2. The first-order valence-corrected chi connectivity index (χ1v) is 11.7. The van der Waals surface area contributed by atoms with Gasteiger partial charge in [-0.15, -0.1) is 0 Å². The summed E-state index contributed by atoms with van der Waals surface area (Å²) in [6.45, 7) is 8.55. The molecule has 0 saturated carbocycles. The van der Waals surface area contributed by atoms with E-state index >= 15 is 0 Å². The van der Waals surface area contributed by atoms with E-state index in [1.807, 2.05) is 45.0 Å². The number of nitrogens with one attached hydrogen (secondary N) is 1. The van der Waals surface area contributed by atoms with Gasteiger partial charge in [0.25, 0.3) is 0 Å². The summed E-state index contributed by atoms with van der Waals surface area (Å²) in [5.41, 5.74) is 3.50. The lowest BCUT2D eigenvalue weighted by Gasteiger charge is -2.31. The molecule has 1 aliphatic heterocycles. The summed E-state index contributed by atoms with van der Waals surface area (Å²) >= 11 is 0. The van der Waals surface area contributed by atoms with Crippen LogP contribution in [0.25, 0.3) is 12.2 Å². The van der Waals surface area contributed by atoms with E-state index in [9.17, 15) is 13.2 Å². The van der Waals surface area contributed by atoms with Crippen LogP contribution in [0.15, 0.2) is 27.6 Å². The van der Waals surface area contributed by atoms with Crippen molar-refractivity contribution in [2.75, 3.05) is 19.6 Å². The molecular formula is C22H29N3O4S. The Balaban J connectivity index is 1.90. The first kappa shape index (κ1) is 22.2. The van der Waals surface area contributed by atoms with Gasteiger partial charge in [-0.2, -0.15) is 4.31 Å². The zero-order valence-corrected chi connectivity index (χ0v) is 18.8. The molecule has 1 aromatic heterocycles. The molecule has 8 heteroatoms. The highest BCUT2D eigenvalue weighted by Gasteiger charge is 2.36. The molecule has 3 rings (SSSR count). The van der Waals surface area contributed by atoms with Gasteiger partial charge in [0.2, 0.25) is 15.9 Å². The van der Waals surface area contributed by atoms with E-state index in [0.717, 1.165) is 16.7 Å². The molecule has 1 amide bonds. The third-order valence-electron chi connectivity index (χ3n) is 5.39. The van der Waals surface area contributed by atoms with E-state index in [1.165, 1.54) is 4.31 Å². The van der Waals surface area contributed by atoms with Gasteiger partial charge in [-0.05, 0) is 57.7 Å². The maximum atomic E-state index is 13.4. The quantitative estimate of drug-likeness (QED) is 0.758. The smallest absolute Gasteiger partial charge is 0.248 e. The second kappa shape index (κ2) is 9.14. The van der Waals surface area contributed by atoms with Crippen LogP contribution in [0, 0.1) is 26.7 Å². The summed E-state index contributed by atoms with van der Waals surface area (Å²) in [7, 11) is -3.84. The molecule has 0 aliphatic carbocycles. The van der Waals surface area contributed by atoms with Crippen molar-refractivity contribution in [3.05, 3.63) is 46.3 Å². The minimum atomic E-state index is -3.84. The summed E-state index contributed by atoms with van der Waals surface area (Å²) < 4.78 is 33.6. The van der Waals surface area contributed by atoms with Crippen LogP contribution in [0.3, 0.4) is 0 Å². The standard InChI is InChI=1S/C22H29N3O4S/c1-5-23-22(26)19-7-6-12-25(14-19)30(27,28)21-17(4)24-29-20(21)11-10-18-13-15(2)8-9-16(18)3/h8-11,13,19H,5-7,12,14H2,1-4H3,(H,23,26)/b11-10+/t19-/m0/s1. The summed E-state index contributed by atoms with van der Waals surface area (Å²) in [5.74, 6) is -0.245. The maximum absolute atomic E-state index is 13.4. The monoisotopic (exact) mass is 431 g/mol. The molecule has 30 heavy (non-hydrogen) atoms. The summed E-state index contributed by atoms with van der Waals surface area (Å²) in [6, 6.07) is 6.08. The average molecular weight is 432 g/mol. The van der Waals surface area contributed by atoms with Gasteiger partial charge < -0.3 is 9.84 Å². The second-order valence-corrected chi connectivity index (χ2v) is 9.63. The largest absolute Gasteiger partial charge is 0.356 e. The van der Waals surface area contributed by atoms with E-state index < -0.39 is 10.0 Å². The van der Waals surface area contributed by atoms with Gasteiger partial charge in [0.15, 0.2) is 10.7 Å². The molecular weight excluding hydrogens is 402 g/mol. The SMILES string of the molecule is CCNC(=O)[C@H]1CCCN(S(=O)(=O)c2c(C)noc2/C=C/c2cc(C)ccc2C)C1. The Morgan fingerprint density at radius 1 is 1.30 bits per heavy atom. The third-order valence-corrected chi connectivity index (χ3v) is 7.41. The summed E-state index contributed by atoms with van der Waals surface area (Å²) in [4.78, 5) is 12.3.